The number of rotatable bonds is 2. The van der Waals surface area contributed by atoms with Crippen LogP contribution in [0.2, 0.25) is 0 Å². The summed E-state index contributed by atoms with van der Waals surface area (Å²) in [5, 5.41) is 0. The molecule has 4 fully saturated rings. The minimum absolute atomic E-state index is 0. The van der Waals surface area contributed by atoms with Crippen LogP contribution < -0.4 is 5.73 Å². The van der Waals surface area contributed by atoms with E-state index in [1.54, 1.807) is 0 Å². The minimum atomic E-state index is -0.213. The van der Waals surface area contributed by atoms with Gasteiger partial charge in [-0.05, 0) is 42.9 Å². The van der Waals surface area contributed by atoms with Gasteiger partial charge in [0.1, 0.15) is 0 Å². The molecule has 4 rings (SSSR count). The second-order valence-corrected chi connectivity index (χ2v) is 7.66. The minimum Gasteiger partial charge on any atom is -0.404 e. The van der Waals surface area contributed by atoms with Gasteiger partial charge in [0.2, 0.25) is 0 Å². The van der Waals surface area contributed by atoms with Crippen molar-refractivity contribution in [3.05, 3.63) is 0 Å². The van der Waals surface area contributed by atoms with E-state index < -0.39 is 0 Å². The Morgan fingerprint density at radius 2 is 1.84 bits per heavy atom. The Morgan fingerprint density at radius 3 is 2.37 bits per heavy atom. The van der Waals surface area contributed by atoms with Crippen molar-refractivity contribution in [2.45, 2.75) is 65.1 Å². The van der Waals surface area contributed by atoms with Gasteiger partial charge in [0.15, 0.2) is 0 Å². The van der Waals surface area contributed by atoms with Crippen LogP contribution in [-0.4, -0.2) is 24.8 Å². The summed E-state index contributed by atoms with van der Waals surface area (Å²) in [6.45, 7) is 11.3. The zero-order valence-electron chi connectivity index (χ0n) is 12.7. The van der Waals surface area contributed by atoms with E-state index in [0.717, 1.165) is 12.3 Å². The topological polar surface area (TPSA) is 44.5 Å². The molecule has 5 heteroatoms. The first kappa shape index (κ1) is 15.6. The van der Waals surface area contributed by atoms with Crippen LogP contribution in [-0.2, 0) is 9.31 Å². The zero-order chi connectivity index (χ0) is 13.3. The highest BCUT2D eigenvalue weighted by Crippen LogP contribution is 2.65. The Balaban J connectivity index is 0.00000133. The van der Waals surface area contributed by atoms with Crippen molar-refractivity contribution < 1.29 is 9.31 Å². The Hall–Kier alpha value is 0.235. The molecule has 3 saturated carbocycles. The van der Waals surface area contributed by atoms with Crippen molar-refractivity contribution in [1.82, 2.24) is 0 Å². The molecule has 110 valence electrons. The first-order chi connectivity index (χ1) is 8.26. The van der Waals surface area contributed by atoms with Crippen LogP contribution >= 0.6 is 12.4 Å². The molecule has 4 aliphatic rings. The van der Waals surface area contributed by atoms with Gasteiger partial charge < -0.3 is 15.0 Å². The van der Waals surface area contributed by atoms with E-state index in [9.17, 15) is 0 Å². The van der Waals surface area contributed by atoms with Crippen molar-refractivity contribution in [3.8, 4) is 0 Å². The summed E-state index contributed by atoms with van der Waals surface area (Å²) in [7, 11) is -0.213. The molecule has 3 aliphatic carbocycles. The van der Waals surface area contributed by atoms with Crippen molar-refractivity contribution in [3.63, 3.8) is 0 Å². The summed E-state index contributed by atoms with van der Waals surface area (Å²) < 4.78 is 12.5. The lowest BCUT2D eigenvalue weighted by atomic mass is 9.43. The van der Waals surface area contributed by atoms with Gasteiger partial charge in [-0.15, -0.1) is 12.4 Å². The molecule has 2 N–H and O–H groups in total. The highest BCUT2D eigenvalue weighted by molar-refractivity contribution is 6.47. The molecule has 0 aromatic rings. The van der Waals surface area contributed by atoms with Crippen LogP contribution in [0.1, 0.15) is 47.5 Å². The summed E-state index contributed by atoms with van der Waals surface area (Å²) in [5.41, 5.74) is 6.50. The van der Waals surface area contributed by atoms with Crippen molar-refractivity contribution >= 4 is 19.5 Å². The van der Waals surface area contributed by atoms with E-state index in [1.807, 2.05) is 0 Å². The maximum Gasteiger partial charge on any atom is 0.475 e. The van der Waals surface area contributed by atoms with Crippen LogP contribution in [0.15, 0.2) is 0 Å². The normalized spacial score (nSPS) is 44.4. The fourth-order valence-corrected chi connectivity index (χ4v) is 4.38. The van der Waals surface area contributed by atoms with Crippen molar-refractivity contribution in [1.29, 1.82) is 0 Å². The average molecular weight is 288 g/mol. The Bertz CT molecular complexity index is 365. The van der Waals surface area contributed by atoms with Crippen LogP contribution in [0.25, 0.3) is 0 Å². The van der Waals surface area contributed by atoms with E-state index in [4.69, 9.17) is 15.0 Å². The largest absolute Gasteiger partial charge is 0.475 e. The Morgan fingerprint density at radius 1 is 1.21 bits per heavy atom. The lowest BCUT2D eigenvalue weighted by Gasteiger charge is -2.64. The molecule has 0 aromatic heterocycles. The van der Waals surface area contributed by atoms with Gasteiger partial charge in [-0.1, -0.05) is 27.7 Å². The molecule has 3 nitrogen and oxygen atoms in total. The van der Waals surface area contributed by atoms with Gasteiger partial charge in [-0.2, -0.15) is 0 Å². The van der Waals surface area contributed by atoms with Crippen LogP contribution in [0, 0.1) is 23.2 Å². The maximum atomic E-state index is 6.31. The standard InChI is InChI=1S/C14H26BNO2.ClH/c1-8(2)12(16)15-17-11-7-9-6-10(13(9,3)4)14(11,5)18-15;/h8-12H,6-7,16H2,1-5H3;1H/t9?,10?,11-,12?,14-;/m0./s1. The first-order valence-electron chi connectivity index (χ1n) is 7.35. The summed E-state index contributed by atoms with van der Waals surface area (Å²) in [4.78, 5) is 0. The lowest BCUT2D eigenvalue weighted by Crippen LogP contribution is -2.65. The third-order valence-corrected chi connectivity index (χ3v) is 6.05. The highest BCUT2D eigenvalue weighted by Gasteiger charge is 2.68. The average Bonchev–Trinajstić information content (AvgIpc) is 2.63. The number of hydrogen-bond donors (Lipinski definition) is 1. The third kappa shape index (κ3) is 1.98. The van der Waals surface area contributed by atoms with Gasteiger partial charge in [-0.3, -0.25) is 0 Å². The quantitative estimate of drug-likeness (QED) is 0.794. The number of halogens is 1. The predicted molar refractivity (Wildman–Crippen MR) is 80.2 cm³/mol. The molecular weight excluding hydrogens is 260 g/mol. The Labute approximate surface area is 123 Å². The zero-order valence-corrected chi connectivity index (χ0v) is 13.5. The summed E-state index contributed by atoms with van der Waals surface area (Å²) in [6.07, 6.45) is 2.69. The third-order valence-electron chi connectivity index (χ3n) is 6.05. The van der Waals surface area contributed by atoms with Crippen molar-refractivity contribution in [2.24, 2.45) is 28.9 Å². The molecule has 1 heterocycles. The molecule has 0 amide bonds. The van der Waals surface area contributed by atoms with Crippen molar-refractivity contribution in [2.75, 3.05) is 0 Å². The number of hydrogen-bond acceptors (Lipinski definition) is 3. The second-order valence-electron chi connectivity index (χ2n) is 7.66. The monoisotopic (exact) mass is 287 g/mol. The predicted octanol–water partition coefficient (Wildman–Crippen LogP) is 2.66. The molecule has 0 radical (unpaired) electrons. The van der Waals surface area contributed by atoms with E-state index >= 15 is 0 Å². The molecule has 1 saturated heterocycles. The first-order valence-corrected chi connectivity index (χ1v) is 7.35. The molecule has 19 heavy (non-hydrogen) atoms. The van der Waals surface area contributed by atoms with E-state index in [1.165, 1.54) is 6.42 Å². The molecule has 2 bridgehead atoms. The summed E-state index contributed by atoms with van der Waals surface area (Å²) >= 11 is 0. The van der Waals surface area contributed by atoms with Crippen LogP contribution in [0.5, 0.6) is 0 Å². The maximum absolute atomic E-state index is 6.31. The number of nitrogens with two attached hydrogens (primary N) is 1. The van der Waals surface area contributed by atoms with Gasteiger partial charge in [-0.25, -0.2) is 0 Å². The summed E-state index contributed by atoms with van der Waals surface area (Å²) in [6, 6.07) is 0. The van der Waals surface area contributed by atoms with E-state index in [2.05, 4.69) is 34.6 Å². The molecule has 0 spiro atoms. The molecule has 0 aromatic carbocycles. The van der Waals surface area contributed by atoms with Gasteiger partial charge in [0, 0.05) is 5.94 Å². The fraction of sp³-hybridized carbons (Fsp3) is 1.00. The SMILES string of the molecule is CC(C)C(N)B1O[C@H]2CC3CC(C3(C)C)[C@]2(C)O1.Cl. The summed E-state index contributed by atoms with van der Waals surface area (Å²) in [5.74, 6) is 1.80. The smallest absolute Gasteiger partial charge is 0.404 e. The second kappa shape index (κ2) is 4.62. The molecule has 3 unspecified atom stereocenters. The van der Waals surface area contributed by atoms with Gasteiger partial charge in [0.25, 0.3) is 0 Å². The highest BCUT2D eigenvalue weighted by atomic mass is 35.5. The van der Waals surface area contributed by atoms with E-state index in [0.29, 0.717) is 17.3 Å². The van der Waals surface area contributed by atoms with E-state index in [-0.39, 0.29) is 37.2 Å². The van der Waals surface area contributed by atoms with Gasteiger partial charge in [0.05, 0.1) is 11.7 Å². The van der Waals surface area contributed by atoms with Gasteiger partial charge >= 0.3 is 7.12 Å². The molecule has 5 atom stereocenters. The molecular formula is C14H27BClNO2. The van der Waals surface area contributed by atoms with Crippen LogP contribution in [0.3, 0.4) is 0 Å². The fourth-order valence-electron chi connectivity index (χ4n) is 4.38. The Kier molecular flexibility index (Phi) is 3.80. The lowest BCUT2D eigenvalue weighted by molar-refractivity contribution is -0.199. The molecule has 1 aliphatic heterocycles. The van der Waals surface area contributed by atoms with Crippen LogP contribution in [0.4, 0.5) is 0 Å².